The topological polar surface area (TPSA) is 80.9 Å². The molecule has 1 aromatic heterocycles. The fourth-order valence-electron chi connectivity index (χ4n) is 1.54. The van der Waals surface area contributed by atoms with E-state index in [0.717, 1.165) is 10.6 Å². The minimum Gasteiger partial charge on any atom is -0.399 e. The van der Waals surface area contributed by atoms with Crippen molar-refractivity contribution in [1.82, 2.24) is 10.2 Å². The van der Waals surface area contributed by atoms with Crippen LogP contribution in [0.15, 0.2) is 24.3 Å². The Morgan fingerprint density at radius 1 is 1.44 bits per heavy atom. The predicted molar refractivity (Wildman–Crippen MR) is 72.5 cm³/mol. The monoisotopic (exact) mass is 262 g/mol. The highest BCUT2D eigenvalue weighted by Crippen LogP contribution is 2.21. The minimum atomic E-state index is -0.280. The molecule has 0 bridgehead atoms. The Bertz CT molecular complexity index is 567. The standard InChI is InChI=1S/C12H14N4OS/c1-7(9-4-3-5-10(13)6-9)11(17)14-12-16-15-8(2)18-12/h3-7H,13H2,1-2H3,(H,14,16,17). The largest absolute Gasteiger partial charge is 0.399 e. The molecule has 0 saturated heterocycles. The zero-order valence-corrected chi connectivity index (χ0v) is 11.0. The average Bonchev–Trinajstić information content (AvgIpc) is 2.73. The zero-order chi connectivity index (χ0) is 13.1. The molecule has 0 aliphatic rings. The first-order valence-electron chi connectivity index (χ1n) is 5.52. The van der Waals surface area contributed by atoms with E-state index in [2.05, 4.69) is 15.5 Å². The Kier molecular flexibility index (Phi) is 3.57. The number of amides is 1. The van der Waals surface area contributed by atoms with E-state index in [4.69, 9.17) is 5.73 Å². The Labute approximate surface area is 109 Å². The van der Waals surface area contributed by atoms with Crippen LogP contribution in [0.2, 0.25) is 0 Å². The quantitative estimate of drug-likeness (QED) is 0.831. The summed E-state index contributed by atoms with van der Waals surface area (Å²) in [4.78, 5) is 12.0. The van der Waals surface area contributed by atoms with E-state index in [-0.39, 0.29) is 11.8 Å². The number of nitrogens with zero attached hydrogens (tertiary/aromatic N) is 2. The van der Waals surface area contributed by atoms with Crippen molar-refractivity contribution in [2.45, 2.75) is 19.8 Å². The molecule has 18 heavy (non-hydrogen) atoms. The number of nitrogens with one attached hydrogen (secondary N) is 1. The van der Waals surface area contributed by atoms with Crippen LogP contribution in [-0.2, 0) is 4.79 Å². The second kappa shape index (κ2) is 5.14. The van der Waals surface area contributed by atoms with Gasteiger partial charge in [-0.15, -0.1) is 10.2 Å². The van der Waals surface area contributed by atoms with Crippen molar-refractivity contribution in [3.05, 3.63) is 34.8 Å². The van der Waals surface area contributed by atoms with Crippen LogP contribution < -0.4 is 11.1 Å². The number of hydrogen-bond acceptors (Lipinski definition) is 5. The third kappa shape index (κ3) is 2.84. The van der Waals surface area contributed by atoms with E-state index in [9.17, 15) is 4.79 Å². The Hall–Kier alpha value is -1.95. The third-order valence-corrected chi connectivity index (χ3v) is 3.31. The molecule has 0 saturated carbocycles. The van der Waals surface area contributed by atoms with Crippen LogP contribution in [0.25, 0.3) is 0 Å². The summed E-state index contributed by atoms with van der Waals surface area (Å²) in [7, 11) is 0. The zero-order valence-electron chi connectivity index (χ0n) is 10.2. The molecule has 5 nitrogen and oxygen atoms in total. The molecule has 0 radical (unpaired) electrons. The third-order valence-electron chi connectivity index (χ3n) is 2.56. The van der Waals surface area contributed by atoms with Gasteiger partial charge in [0.15, 0.2) is 0 Å². The van der Waals surface area contributed by atoms with E-state index in [1.165, 1.54) is 11.3 Å². The number of anilines is 2. The smallest absolute Gasteiger partial charge is 0.233 e. The van der Waals surface area contributed by atoms with Crippen molar-refractivity contribution < 1.29 is 4.79 Å². The maximum atomic E-state index is 12.0. The van der Waals surface area contributed by atoms with Crippen LogP contribution in [0, 0.1) is 6.92 Å². The van der Waals surface area contributed by atoms with Crippen LogP contribution in [-0.4, -0.2) is 16.1 Å². The number of hydrogen-bond donors (Lipinski definition) is 2. The SMILES string of the molecule is Cc1nnc(NC(=O)C(C)c2cccc(N)c2)s1. The summed E-state index contributed by atoms with van der Waals surface area (Å²) in [5.74, 6) is -0.394. The lowest BCUT2D eigenvalue weighted by molar-refractivity contribution is -0.117. The van der Waals surface area contributed by atoms with Crippen molar-refractivity contribution in [3.63, 3.8) is 0 Å². The summed E-state index contributed by atoms with van der Waals surface area (Å²) in [5, 5.41) is 11.8. The lowest BCUT2D eigenvalue weighted by atomic mass is 10.00. The van der Waals surface area contributed by atoms with Gasteiger partial charge in [0.2, 0.25) is 11.0 Å². The molecular weight excluding hydrogens is 248 g/mol. The van der Waals surface area contributed by atoms with E-state index < -0.39 is 0 Å². The number of carbonyl (C=O) groups excluding carboxylic acids is 1. The molecule has 0 fully saturated rings. The van der Waals surface area contributed by atoms with Crippen molar-refractivity contribution in [2.75, 3.05) is 11.1 Å². The predicted octanol–water partition coefficient (Wildman–Crippen LogP) is 2.17. The van der Waals surface area contributed by atoms with Gasteiger partial charge in [-0.2, -0.15) is 0 Å². The van der Waals surface area contributed by atoms with Gasteiger partial charge in [-0.05, 0) is 31.5 Å². The molecule has 0 aliphatic heterocycles. The highest BCUT2D eigenvalue weighted by Gasteiger charge is 2.16. The van der Waals surface area contributed by atoms with Crippen LogP contribution in [0.1, 0.15) is 23.4 Å². The number of aromatic nitrogens is 2. The molecule has 0 aliphatic carbocycles. The first-order valence-corrected chi connectivity index (χ1v) is 6.34. The Morgan fingerprint density at radius 2 is 2.22 bits per heavy atom. The second-order valence-electron chi connectivity index (χ2n) is 4.01. The first-order chi connectivity index (χ1) is 8.56. The second-order valence-corrected chi connectivity index (χ2v) is 5.19. The highest BCUT2D eigenvalue weighted by atomic mass is 32.1. The molecule has 2 aromatic rings. The van der Waals surface area contributed by atoms with Gasteiger partial charge in [-0.25, -0.2) is 0 Å². The average molecular weight is 262 g/mol. The first kappa shape index (κ1) is 12.5. The molecule has 1 aromatic carbocycles. The van der Waals surface area contributed by atoms with Crippen LogP contribution in [0.3, 0.4) is 0 Å². The van der Waals surface area contributed by atoms with Gasteiger partial charge in [0.05, 0.1) is 5.92 Å². The Balaban J connectivity index is 2.09. The maximum absolute atomic E-state index is 12.0. The molecule has 1 atom stereocenters. The number of nitrogen functional groups attached to an aromatic ring is 1. The van der Waals surface area contributed by atoms with Crippen LogP contribution >= 0.6 is 11.3 Å². The maximum Gasteiger partial charge on any atom is 0.233 e. The fraction of sp³-hybridized carbons (Fsp3) is 0.250. The van der Waals surface area contributed by atoms with E-state index >= 15 is 0 Å². The Morgan fingerprint density at radius 3 is 2.83 bits per heavy atom. The number of carbonyl (C=O) groups is 1. The summed E-state index contributed by atoms with van der Waals surface area (Å²) >= 11 is 1.35. The van der Waals surface area contributed by atoms with Gasteiger partial charge in [-0.3, -0.25) is 4.79 Å². The van der Waals surface area contributed by atoms with Gasteiger partial charge in [0.1, 0.15) is 5.01 Å². The number of rotatable bonds is 3. The van der Waals surface area contributed by atoms with Crippen LogP contribution in [0.5, 0.6) is 0 Å². The van der Waals surface area contributed by atoms with E-state index in [1.54, 1.807) is 12.1 Å². The van der Waals surface area contributed by atoms with Gasteiger partial charge >= 0.3 is 0 Å². The lowest BCUT2D eigenvalue weighted by Crippen LogP contribution is -2.18. The highest BCUT2D eigenvalue weighted by molar-refractivity contribution is 7.15. The lowest BCUT2D eigenvalue weighted by Gasteiger charge is -2.11. The van der Waals surface area contributed by atoms with Gasteiger partial charge in [0, 0.05) is 5.69 Å². The van der Waals surface area contributed by atoms with Gasteiger partial charge in [-0.1, -0.05) is 23.5 Å². The van der Waals surface area contributed by atoms with Crippen molar-refractivity contribution in [2.24, 2.45) is 0 Å². The summed E-state index contributed by atoms with van der Waals surface area (Å²) < 4.78 is 0. The molecule has 94 valence electrons. The molecule has 0 spiro atoms. The van der Waals surface area contributed by atoms with Gasteiger partial charge in [0.25, 0.3) is 0 Å². The molecular formula is C12H14N4OS. The number of benzene rings is 1. The van der Waals surface area contributed by atoms with E-state index in [1.807, 2.05) is 26.0 Å². The van der Waals surface area contributed by atoms with Crippen LogP contribution in [0.4, 0.5) is 10.8 Å². The van der Waals surface area contributed by atoms with Crippen molar-refractivity contribution in [3.8, 4) is 0 Å². The van der Waals surface area contributed by atoms with Crippen molar-refractivity contribution >= 4 is 28.1 Å². The molecule has 1 heterocycles. The summed E-state index contributed by atoms with van der Waals surface area (Å²) in [6, 6.07) is 7.31. The number of aryl methyl sites for hydroxylation is 1. The molecule has 1 amide bonds. The minimum absolute atomic E-state index is 0.114. The number of nitrogens with two attached hydrogens (primary N) is 1. The molecule has 3 N–H and O–H groups in total. The van der Waals surface area contributed by atoms with Gasteiger partial charge < -0.3 is 11.1 Å². The molecule has 2 rings (SSSR count). The molecule has 6 heteroatoms. The molecule has 1 unspecified atom stereocenters. The summed E-state index contributed by atoms with van der Waals surface area (Å²) in [6.45, 7) is 3.67. The normalized spacial score (nSPS) is 12.1. The summed E-state index contributed by atoms with van der Waals surface area (Å²) in [5.41, 5.74) is 7.24. The summed E-state index contributed by atoms with van der Waals surface area (Å²) in [6.07, 6.45) is 0. The fourth-order valence-corrected chi connectivity index (χ4v) is 2.14. The van der Waals surface area contributed by atoms with E-state index in [0.29, 0.717) is 10.8 Å². The van der Waals surface area contributed by atoms with Crippen molar-refractivity contribution in [1.29, 1.82) is 0 Å².